The van der Waals surface area contributed by atoms with Gasteiger partial charge in [-0.05, 0) is 50.6 Å². The van der Waals surface area contributed by atoms with Crippen LogP contribution < -0.4 is 4.74 Å². The first kappa shape index (κ1) is 16.2. The van der Waals surface area contributed by atoms with E-state index in [4.69, 9.17) is 21.1 Å². The molecule has 3 aliphatic heterocycles. The third-order valence-electron chi connectivity index (χ3n) is 5.49. The lowest BCUT2D eigenvalue weighted by atomic mass is 9.88. The zero-order valence-corrected chi connectivity index (χ0v) is 14.7. The van der Waals surface area contributed by atoms with Crippen LogP contribution in [-0.4, -0.2) is 67.2 Å². The highest BCUT2D eigenvalue weighted by Crippen LogP contribution is 2.39. The first-order valence-corrected chi connectivity index (χ1v) is 8.99. The van der Waals surface area contributed by atoms with Crippen LogP contribution in [0.2, 0.25) is 5.02 Å². The van der Waals surface area contributed by atoms with Gasteiger partial charge in [-0.15, -0.1) is 0 Å². The Balaban J connectivity index is 1.40. The van der Waals surface area contributed by atoms with Gasteiger partial charge in [0.2, 0.25) is 0 Å². The average Bonchev–Trinajstić information content (AvgIpc) is 3.21. The standard InChI is InChI=1S/C18H23ClN2O3/c1-23-16-8-13(19)4-5-15(16)17(22)21-11-18(12-21)9-14(10-24-18)20-6-2-3-7-20/h4-5,8,14H,2-3,6-7,9-12H2,1H3. The van der Waals surface area contributed by atoms with E-state index in [0.717, 1.165) is 13.0 Å². The first-order chi connectivity index (χ1) is 11.6. The number of halogens is 1. The lowest BCUT2D eigenvalue weighted by Gasteiger charge is -2.47. The van der Waals surface area contributed by atoms with Crippen molar-refractivity contribution in [3.63, 3.8) is 0 Å². The van der Waals surface area contributed by atoms with Gasteiger partial charge in [0.25, 0.3) is 5.91 Å². The van der Waals surface area contributed by atoms with Crippen LogP contribution in [0.3, 0.4) is 0 Å². The minimum atomic E-state index is -0.136. The largest absolute Gasteiger partial charge is 0.496 e. The van der Waals surface area contributed by atoms with Crippen LogP contribution >= 0.6 is 11.6 Å². The van der Waals surface area contributed by atoms with Gasteiger partial charge in [0.05, 0.1) is 32.4 Å². The second-order valence-corrected chi connectivity index (χ2v) is 7.54. The van der Waals surface area contributed by atoms with Gasteiger partial charge in [0.1, 0.15) is 11.4 Å². The molecular formula is C18H23ClN2O3. The maximum absolute atomic E-state index is 12.7. The van der Waals surface area contributed by atoms with Crippen LogP contribution in [0.25, 0.3) is 0 Å². The smallest absolute Gasteiger partial charge is 0.257 e. The van der Waals surface area contributed by atoms with Crippen molar-refractivity contribution in [3.8, 4) is 5.75 Å². The van der Waals surface area contributed by atoms with E-state index in [9.17, 15) is 4.79 Å². The summed E-state index contributed by atoms with van der Waals surface area (Å²) in [6.45, 7) is 4.51. The zero-order valence-electron chi connectivity index (χ0n) is 14.0. The number of hydrogen-bond acceptors (Lipinski definition) is 4. The highest BCUT2D eigenvalue weighted by molar-refractivity contribution is 6.30. The number of ether oxygens (including phenoxy) is 2. The van der Waals surface area contributed by atoms with Gasteiger partial charge < -0.3 is 14.4 Å². The van der Waals surface area contributed by atoms with Crippen LogP contribution in [0.15, 0.2) is 18.2 Å². The van der Waals surface area contributed by atoms with E-state index in [1.54, 1.807) is 25.3 Å². The van der Waals surface area contributed by atoms with Crippen molar-refractivity contribution in [3.05, 3.63) is 28.8 Å². The Bertz CT molecular complexity index is 639. The van der Waals surface area contributed by atoms with Crippen LogP contribution in [0.5, 0.6) is 5.75 Å². The van der Waals surface area contributed by atoms with Crippen molar-refractivity contribution in [1.82, 2.24) is 9.80 Å². The summed E-state index contributed by atoms with van der Waals surface area (Å²) < 4.78 is 11.4. The highest BCUT2D eigenvalue weighted by atomic mass is 35.5. The predicted octanol–water partition coefficient (Wildman–Crippen LogP) is 2.43. The highest BCUT2D eigenvalue weighted by Gasteiger charge is 2.52. The predicted molar refractivity (Wildman–Crippen MR) is 91.8 cm³/mol. The minimum Gasteiger partial charge on any atom is -0.496 e. The van der Waals surface area contributed by atoms with E-state index in [2.05, 4.69) is 4.90 Å². The van der Waals surface area contributed by atoms with E-state index < -0.39 is 0 Å². The van der Waals surface area contributed by atoms with Crippen molar-refractivity contribution in [1.29, 1.82) is 0 Å². The molecule has 3 saturated heterocycles. The summed E-state index contributed by atoms with van der Waals surface area (Å²) in [6, 6.07) is 5.66. The molecule has 3 aliphatic rings. The third kappa shape index (κ3) is 2.79. The third-order valence-corrected chi connectivity index (χ3v) is 5.72. The van der Waals surface area contributed by atoms with Crippen LogP contribution in [0, 0.1) is 0 Å². The number of rotatable bonds is 3. The number of hydrogen-bond donors (Lipinski definition) is 0. The molecule has 1 aromatic rings. The van der Waals surface area contributed by atoms with Gasteiger partial charge >= 0.3 is 0 Å². The Morgan fingerprint density at radius 2 is 2.08 bits per heavy atom. The second-order valence-electron chi connectivity index (χ2n) is 7.10. The molecule has 3 heterocycles. The molecule has 3 fully saturated rings. The Kier molecular flexibility index (Phi) is 4.19. The molecule has 0 radical (unpaired) electrons. The number of carbonyl (C=O) groups excluding carboxylic acids is 1. The molecule has 0 bridgehead atoms. The Morgan fingerprint density at radius 3 is 2.79 bits per heavy atom. The second kappa shape index (κ2) is 6.21. The first-order valence-electron chi connectivity index (χ1n) is 8.61. The molecule has 5 nitrogen and oxygen atoms in total. The lowest BCUT2D eigenvalue weighted by molar-refractivity contribution is -0.0951. The van der Waals surface area contributed by atoms with Gasteiger partial charge in [-0.2, -0.15) is 0 Å². The van der Waals surface area contributed by atoms with E-state index in [1.165, 1.54) is 25.9 Å². The van der Waals surface area contributed by atoms with Crippen LogP contribution in [0.1, 0.15) is 29.6 Å². The molecule has 1 aromatic carbocycles. The van der Waals surface area contributed by atoms with E-state index >= 15 is 0 Å². The summed E-state index contributed by atoms with van der Waals surface area (Å²) in [5.74, 6) is 0.512. The van der Waals surface area contributed by atoms with Crippen molar-refractivity contribution in [2.75, 3.05) is 39.9 Å². The number of amides is 1. The van der Waals surface area contributed by atoms with Crippen molar-refractivity contribution in [2.45, 2.75) is 30.9 Å². The summed E-state index contributed by atoms with van der Waals surface area (Å²) in [5, 5.41) is 0.566. The van der Waals surface area contributed by atoms with Gasteiger partial charge in [-0.3, -0.25) is 9.69 Å². The number of nitrogens with zero attached hydrogens (tertiary/aromatic N) is 2. The zero-order chi connectivity index (χ0) is 16.7. The van der Waals surface area contributed by atoms with Crippen LogP contribution in [0.4, 0.5) is 0 Å². The summed E-state index contributed by atoms with van der Waals surface area (Å²) in [4.78, 5) is 17.1. The molecule has 0 N–H and O–H groups in total. The quantitative estimate of drug-likeness (QED) is 0.839. The number of likely N-dealkylation sites (tertiary alicyclic amines) is 2. The number of methoxy groups -OCH3 is 1. The molecule has 6 heteroatoms. The van der Waals surface area contributed by atoms with E-state index in [-0.39, 0.29) is 11.5 Å². The normalized spacial score (nSPS) is 25.9. The average molecular weight is 351 g/mol. The summed E-state index contributed by atoms with van der Waals surface area (Å²) >= 11 is 5.97. The monoisotopic (exact) mass is 350 g/mol. The Morgan fingerprint density at radius 1 is 1.33 bits per heavy atom. The Hall–Kier alpha value is -1.30. The topological polar surface area (TPSA) is 42.0 Å². The molecule has 0 saturated carbocycles. The SMILES string of the molecule is COc1cc(Cl)ccc1C(=O)N1CC2(CC(N3CCCC3)CO2)C1. The molecule has 0 aromatic heterocycles. The summed E-state index contributed by atoms with van der Waals surface area (Å²) in [7, 11) is 1.56. The van der Waals surface area contributed by atoms with Crippen molar-refractivity contribution in [2.24, 2.45) is 0 Å². The molecule has 24 heavy (non-hydrogen) atoms. The van der Waals surface area contributed by atoms with Crippen LogP contribution in [-0.2, 0) is 4.74 Å². The van der Waals surface area contributed by atoms with E-state index in [0.29, 0.717) is 35.5 Å². The number of benzene rings is 1. The van der Waals surface area contributed by atoms with Gasteiger partial charge in [-0.25, -0.2) is 0 Å². The molecule has 1 atom stereocenters. The minimum absolute atomic E-state index is 0.0117. The lowest BCUT2D eigenvalue weighted by Crippen LogP contribution is -2.63. The summed E-state index contributed by atoms with van der Waals surface area (Å²) in [5.41, 5.74) is 0.425. The fraction of sp³-hybridized carbons (Fsp3) is 0.611. The number of carbonyl (C=O) groups is 1. The fourth-order valence-corrected chi connectivity index (χ4v) is 4.35. The fourth-order valence-electron chi connectivity index (χ4n) is 4.19. The van der Waals surface area contributed by atoms with Crippen molar-refractivity contribution < 1.29 is 14.3 Å². The molecule has 130 valence electrons. The van der Waals surface area contributed by atoms with Gasteiger partial charge in [0.15, 0.2) is 0 Å². The molecular weight excluding hydrogens is 328 g/mol. The summed E-state index contributed by atoms with van der Waals surface area (Å²) in [6.07, 6.45) is 3.63. The Labute approximate surface area is 147 Å². The van der Waals surface area contributed by atoms with E-state index in [1.807, 2.05) is 4.90 Å². The molecule has 1 amide bonds. The van der Waals surface area contributed by atoms with Crippen molar-refractivity contribution >= 4 is 17.5 Å². The van der Waals surface area contributed by atoms with Gasteiger partial charge in [-0.1, -0.05) is 11.6 Å². The maximum atomic E-state index is 12.7. The molecule has 4 rings (SSSR count). The van der Waals surface area contributed by atoms with Gasteiger partial charge in [0, 0.05) is 11.1 Å². The molecule has 1 spiro atoms. The molecule has 1 unspecified atom stereocenters. The maximum Gasteiger partial charge on any atom is 0.257 e. The molecule has 0 aliphatic carbocycles.